The van der Waals surface area contributed by atoms with E-state index in [1.54, 1.807) is 12.0 Å². The molecule has 3 fully saturated rings. The molecule has 7 nitrogen and oxygen atoms in total. The molecule has 5 atom stereocenters. The topological polar surface area (TPSA) is 88.1 Å². The lowest BCUT2D eigenvalue weighted by Crippen LogP contribution is -2.50. The Labute approximate surface area is 244 Å². The number of nitrogens with one attached hydrogen (secondary N) is 1. The van der Waals surface area contributed by atoms with Gasteiger partial charge in [-0.1, -0.05) is 70.5 Å². The summed E-state index contributed by atoms with van der Waals surface area (Å²) in [6.45, 7) is 11.6. The molecule has 1 aliphatic carbocycles. The van der Waals surface area contributed by atoms with Crippen molar-refractivity contribution in [3.8, 4) is 5.75 Å². The molecule has 1 amide bonds. The second-order valence-electron chi connectivity index (χ2n) is 13.6. The maximum Gasteiger partial charge on any atom is 0.326 e. The molecule has 1 saturated carbocycles. The van der Waals surface area contributed by atoms with E-state index in [0.29, 0.717) is 19.6 Å². The second kappa shape index (κ2) is 11.4. The predicted octanol–water partition coefficient (Wildman–Crippen LogP) is 5.78. The van der Waals surface area contributed by atoms with Crippen LogP contribution in [0.4, 0.5) is 0 Å². The zero-order valence-corrected chi connectivity index (χ0v) is 25.4. The summed E-state index contributed by atoms with van der Waals surface area (Å²) in [5.41, 5.74) is 4.14. The Balaban J connectivity index is 1.59. The number of carboxylic acid groups (broad SMARTS) is 1. The van der Waals surface area contributed by atoms with Crippen molar-refractivity contribution >= 4 is 11.9 Å². The SMILES string of the molecule is COc1ccc(C2(C)CCC2)cc1CN[C@H]1[C@H](C(C)(C)C)[C@@H](C(=O)O)N(C(=O)[C@@H]2CCCO2)[C@H]1c1ccccc1C. The van der Waals surface area contributed by atoms with Gasteiger partial charge in [0, 0.05) is 30.7 Å². The number of nitrogens with zero attached hydrogens (tertiary/aromatic N) is 1. The van der Waals surface area contributed by atoms with Gasteiger partial charge in [0.05, 0.1) is 13.2 Å². The molecule has 0 radical (unpaired) electrons. The van der Waals surface area contributed by atoms with Crippen LogP contribution in [-0.2, 0) is 26.3 Å². The van der Waals surface area contributed by atoms with Gasteiger partial charge in [-0.2, -0.15) is 0 Å². The first-order valence-electron chi connectivity index (χ1n) is 15.1. The smallest absolute Gasteiger partial charge is 0.326 e. The molecule has 0 spiro atoms. The molecule has 0 aromatic heterocycles. The van der Waals surface area contributed by atoms with Crippen LogP contribution in [0.3, 0.4) is 0 Å². The van der Waals surface area contributed by atoms with E-state index in [1.807, 2.05) is 31.2 Å². The third kappa shape index (κ3) is 5.51. The summed E-state index contributed by atoms with van der Waals surface area (Å²) >= 11 is 0. The Hall–Kier alpha value is -2.90. The Kier molecular flexibility index (Phi) is 8.23. The van der Waals surface area contributed by atoms with Crippen LogP contribution in [0, 0.1) is 18.3 Å². The number of carboxylic acids is 1. The molecule has 7 heteroatoms. The number of rotatable bonds is 8. The van der Waals surface area contributed by atoms with E-state index in [1.165, 1.54) is 24.8 Å². The number of carbonyl (C=O) groups is 2. The number of methoxy groups -OCH3 is 1. The zero-order valence-electron chi connectivity index (χ0n) is 25.4. The molecular weight excluding hydrogens is 516 g/mol. The lowest BCUT2D eigenvalue weighted by atomic mass is 9.66. The summed E-state index contributed by atoms with van der Waals surface area (Å²) in [6.07, 6.45) is 4.41. The normalized spacial score (nSPS) is 27.5. The van der Waals surface area contributed by atoms with E-state index in [0.717, 1.165) is 28.9 Å². The van der Waals surface area contributed by atoms with Crippen LogP contribution in [0.2, 0.25) is 0 Å². The minimum Gasteiger partial charge on any atom is -0.496 e. The zero-order chi connectivity index (χ0) is 29.5. The van der Waals surface area contributed by atoms with E-state index in [-0.39, 0.29) is 23.3 Å². The number of ether oxygens (including phenoxy) is 2. The average Bonchev–Trinajstić information content (AvgIpc) is 3.57. The number of amides is 1. The van der Waals surface area contributed by atoms with Crippen LogP contribution >= 0.6 is 0 Å². The highest BCUT2D eigenvalue weighted by atomic mass is 16.5. The Morgan fingerprint density at radius 3 is 2.44 bits per heavy atom. The third-order valence-electron chi connectivity index (χ3n) is 9.85. The van der Waals surface area contributed by atoms with Gasteiger partial charge in [-0.25, -0.2) is 4.79 Å². The van der Waals surface area contributed by atoms with E-state index >= 15 is 0 Å². The molecule has 2 N–H and O–H groups in total. The predicted molar refractivity (Wildman–Crippen MR) is 159 cm³/mol. The minimum atomic E-state index is -0.990. The summed E-state index contributed by atoms with van der Waals surface area (Å²) < 4.78 is 11.6. The number of aryl methyl sites for hydroxylation is 1. The van der Waals surface area contributed by atoms with Crippen molar-refractivity contribution in [1.82, 2.24) is 10.2 Å². The number of aliphatic carboxylic acids is 1. The van der Waals surface area contributed by atoms with Crippen molar-refractivity contribution in [2.24, 2.45) is 11.3 Å². The summed E-state index contributed by atoms with van der Waals surface area (Å²) in [4.78, 5) is 28.9. The van der Waals surface area contributed by atoms with Crippen molar-refractivity contribution < 1.29 is 24.2 Å². The van der Waals surface area contributed by atoms with Gasteiger partial charge in [0.25, 0.3) is 5.91 Å². The van der Waals surface area contributed by atoms with Gasteiger partial charge in [-0.3, -0.25) is 4.79 Å². The van der Waals surface area contributed by atoms with E-state index < -0.39 is 29.6 Å². The highest BCUT2D eigenvalue weighted by Crippen LogP contribution is 2.50. The van der Waals surface area contributed by atoms with Gasteiger partial charge in [-0.05, 0) is 66.2 Å². The van der Waals surface area contributed by atoms with Crippen LogP contribution in [0.15, 0.2) is 42.5 Å². The number of hydrogen-bond donors (Lipinski definition) is 2. The Bertz CT molecular complexity index is 1270. The fourth-order valence-corrected chi connectivity index (χ4v) is 7.43. The third-order valence-corrected chi connectivity index (χ3v) is 9.85. The molecule has 2 aromatic carbocycles. The number of benzene rings is 2. The van der Waals surface area contributed by atoms with Gasteiger partial charge >= 0.3 is 5.97 Å². The van der Waals surface area contributed by atoms with E-state index in [4.69, 9.17) is 9.47 Å². The van der Waals surface area contributed by atoms with E-state index in [9.17, 15) is 14.7 Å². The molecule has 41 heavy (non-hydrogen) atoms. The summed E-state index contributed by atoms with van der Waals surface area (Å²) in [5.74, 6) is -0.742. The first-order chi connectivity index (χ1) is 19.5. The number of likely N-dealkylation sites (tertiary alicyclic amines) is 1. The van der Waals surface area contributed by atoms with Crippen molar-refractivity contribution in [2.45, 2.75) is 103 Å². The summed E-state index contributed by atoms with van der Waals surface area (Å²) in [5, 5.41) is 14.5. The summed E-state index contributed by atoms with van der Waals surface area (Å²) in [6, 6.07) is 12.7. The Morgan fingerprint density at radius 1 is 1.15 bits per heavy atom. The Morgan fingerprint density at radius 2 is 1.88 bits per heavy atom. The standard InChI is InChI=1S/C34H46N2O5/c1-21-11-7-8-12-24(21)29-28(35-20-22-19-23(14-15-25(22)40-6)34(5)16-10-17-34)27(33(2,3)4)30(32(38)39)36(29)31(37)26-13-9-18-41-26/h7-8,11-12,14-15,19,26-30,35H,9-10,13,16-18,20H2,1-6H3,(H,38,39)/t26-,27-,28-,29-,30-/m0/s1. The molecule has 2 saturated heterocycles. The molecule has 0 bridgehead atoms. The minimum absolute atomic E-state index is 0.185. The maximum atomic E-state index is 14.1. The first-order valence-corrected chi connectivity index (χ1v) is 15.1. The highest BCUT2D eigenvalue weighted by Gasteiger charge is 2.59. The maximum absolute atomic E-state index is 14.1. The van der Waals surface area contributed by atoms with Crippen LogP contribution < -0.4 is 10.1 Å². The number of hydrogen-bond acceptors (Lipinski definition) is 5. The van der Waals surface area contributed by atoms with E-state index in [2.05, 4.69) is 51.2 Å². The molecule has 222 valence electrons. The highest BCUT2D eigenvalue weighted by molar-refractivity contribution is 5.88. The largest absolute Gasteiger partial charge is 0.496 e. The van der Waals surface area contributed by atoms with Gasteiger partial charge in [0.15, 0.2) is 0 Å². The molecule has 0 unspecified atom stereocenters. The monoisotopic (exact) mass is 562 g/mol. The van der Waals surface area contributed by atoms with Crippen LogP contribution in [0.5, 0.6) is 5.75 Å². The van der Waals surface area contributed by atoms with Crippen LogP contribution in [0.1, 0.15) is 88.1 Å². The molecule has 2 aromatic rings. The van der Waals surface area contributed by atoms with Crippen molar-refractivity contribution in [1.29, 1.82) is 0 Å². The van der Waals surface area contributed by atoms with Crippen molar-refractivity contribution in [3.63, 3.8) is 0 Å². The van der Waals surface area contributed by atoms with Gasteiger partial charge in [0.1, 0.15) is 17.9 Å². The van der Waals surface area contributed by atoms with Crippen LogP contribution in [0.25, 0.3) is 0 Å². The quantitative estimate of drug-likeness (QED) is 0.424. The first kappa shape index (κ1) is 29.6. The second-order valence-corrected chi connectivity index (χ2v) is 13.6. The number of carbonyl (C=O) groups excluding carboxylic acids is 1. The average molecular weight is 563 g/mol. The van der Waals surface area contributed by atoms with Gasteiger partial charge < -0.3 is 24.8 Å². The molecule has 2 aliphatic heterocycles. The van der Waals surface area contributed by atoms with Crippen molar-refractivity contribution in [3.05, 3.63) is 64.7 Å². The molecular formula is C34H46N2O5. The van der Waals surface area contributed by atoms with Gasteiger partial charge in [0.2, 0.25) is 0 Å². The lowest BCUT2D eigenvalue weighted by Gasteiger charge is -2.39. The fourth-order valence-electron chi connectivity index (χ4n) is 7.43. The summed E-state index contributed by atoms with van der Waals surface area (Å²) in [7, 11) is 1.69. The molecule has 2 heterocycles. The van der Waals surface area contributed by atoms with Crippen molar-refractivity contribution in [2.75, 3.05) is 13.7 Å². The molecule has 3 aliphatic rings. The fraction of sp³-hybridized carbons (Fsp3) is 0.588. The molecule has 5 rings (SSSR count). The van der Waals surface area contributed by atoms with Gasteiger partial charge in [-0.15, -0.1) is 0 Å². The lowest BCUT2D eigenvalue weighted by molar-refractivity contribution is -0.156. The van der Waals surface area contributed by atoms with Crippen LogP contribution in [-0.4, -0.2) is 53.8 Å².